The minimum atomic E-state index is -0.826. The van der Waals surface area contributed by atoms with E-state index in [0.29, 0.717) is 0 Å². The molecule has 0 amide bonds. The predicted octanol–water partition coefficient (Wildman–Crippen LogP) is 5.42. The monoisotopic (exact) mass is 375 g/mol. The van der Waals surface area contributed by atoms with Gasteiger partial charge in [-0.15, -0.1) is 0 Å². The molecule has 4 heteroatoms. The van der Waals surface area contributed by atoms with Crippen LogP contribution in [0.15, 0.2) is 23.8 Å². The Morgan fingerprint density at radius 2 is 1.89 bits per heavy atom. The molecule has 18 heavy (non-hydrogen) atoms. The van der Waals surface area contributed by atoms with Crippen LogP contribution in [0.3, 0.4) is 0 Å². The molecular weight excluding hydrogens is 358 g/mol. The maximum absolute atomic E-state index is 4.93. The van der Waals surface area contributed by atoms with Crippen LogP contribution in [0.2, 0.25) is 13.1 Å². The first kappa shape index (κ1) is 16.7. The molecule has 0 nitrogen and oxygen atoms in total. The molecule has 97 valence electrons. The maximum atomic E-state index is 4.93. The number of halogens is 2. The predicted molar refractivity (Wildman–Crippen MR) is 81.4 cm³/mol. The molecule has 1 unspecified atom stereocenters. The van der Waals surface area contributed by atoms with E-state index in [1.807, 2.05) is 0 Å². The van der Waals surface area contributed by atoms with Crippen LogP contribution >= 0.6 is 17.0 Å². The number of aryl methyl sites for hydroxylation is 1. The van der Waals surface area contributed by atoms with Crippen molar-refractivity contribution in [3.8, 4) is 0 Å². The molecule has 1 aliphatic rings. The SMILES string of the molecule is CCc1cccc2c1C=C(C)C2[Si](C)C.[Cl][Zr][Cl]. The molecule has 1 aromatic carbocycles. The van der Waals surface area contributed by atoms with Gasteiger partial charge in [-0.05, 0) is 35.6 Å². The van der Waals surface area contributed by atoms with Gasteiger partial charge < -0.3 is 0 Å². The van der Waals surface area contributed by atoms with Crippen LogP contribution in [0.4, 0.5) is 0 Å². The van der Waals surface area contributed by atoms with E-state index in [-0.39, 0.29) is 8.80 Å². The second kappa shape index (κ2) is 8.04. The summed E-state index contributed by atoms with van der Waals surface area (Å²) in [6.45, 7) is 9.37. The van der Waals surface area contributed by atoms with Gasteiger partial charge in [0.25, 0.3) is 0 Å². The van der Waals surface area contributed by atoms with E-state index in [1.54, 1.807) is 11.1 Å². The van der Waals surface area contributed by atoms with E-state index in [2.05, 4.69) is 51.2 Å². The van der Waals surface area contributed by atoms with E-state index in [4.69, 9.17) is 17.0 Å². The van der Waals surface area contributed by atoms with Gasteiger partial charge in [0.05, 0.1) is 8.80 Å². The zero-order valence-corrected chi connectivity index (χ0v) is 16.3. The molecule has 0 saturated heterocycles. The summed E-state index contributed by atoms with van der Waals surface area (Å²) >= 11 is -0.826. The third-order valence-electron chi connectivity index (χ3n) is 3.33. The van der Waals surface area contributed by atoms with Crippen molar-refractivity contribution < 1.29 is 20.8 Å². The van der Waals surface area contributed by atoms with Gasteiger partial charge in [-0.1, -0.05) is 49.9 Å². The molecule has 0 heterocycles. The van der Waals surface area contributed by atoms with Crippen LogP contribution in [-0.2, 0) is 27.3 Å². The summed E-state index contributed by atoms with van der Waals surface area (Å²) in [4.78, 5) is 0. The van der Waals surface area contributed by atoms with E-state index >= 15 is 0 Å². The van der Waals surface area contributed by atoms with Crippen LogP contribution in [-0.4, -0.2) is 8.80 Å². The van der Waals surface area contributed by atoms with Crippen molar-refractivity contribution in [2.24, 2.45) is 0 Å². The molecule has 0 fully saturated rings. The van der Waals surface area contributed by atoms with Crippen LogP contribution in [0.25, 0.3) is 6.08 Å². The third kappa shape index (κ3) is 3.82. The van der Waals surface area contributed by atoms with Crippen LogP contribution in [0.1, 0.15) is 36.1 Å². The first-order valence-corrected chi connectivity index (χ1v) is 15.0. The first-order valence-electron chi connectivity index (χ1n) is 6.13. The van der Waals surface area contributed by atoms with Gasteiger partial charge in [0.15, 0.2) is 0 Å². The Morgan fingerprint density at radius 3 is 2.39 bits per heavy atom. The molecule has 1 aliphatic carbocycles. The summed E-state index contributed by atoms with van der Waals surface area (Å²) in [5.41, 5.74) is 6.94. The van der Waals surface area contributed by atoms with Crippen molar-refractivity contribution in [2.75, 3.05) is 0 Å². The summed E-state index contributed by atoms with van der Waals surface area (Å²) in [7, 11) is 9.60. The molecule has 0 bridgehead atoms. The molecule has 2 rings (SSSR count). The molecule has 1 atom stereocenters. The molecule has 0 spiro atoms. The number of rotatable bonds is 2. The van der Waals surface area contributed by atoms with Crippen molar-refractivity contribution in [1.29, 1.82) is 0 Å². The van der Waals surface area contributed by atoms with Crippen molar-refractivity contribution in [2.45, 2.75) is 38.9 Å². The Hall–Kier alpha value is 0.640. The van der Waals surface area contributed by atoms with Gasteiger partial charge in [0, 0.05) is 0 Å². The van der Waals surface area contributed by atoms with E-state index < -0.39 is 20.8 Å². The van der Waals surface area contributed by atoms with Gasteiger partial charge in [0.1, 0.15) is 0 Å². The van der Waals surface area contributed by atoms with Crippen molar-refractivity contribution in [3.63, 3.8) is 0 Å². The summed E-state index contributed by atoms with van der Waals surface area (Å²) in [5.74, 6) is 0. The second-order valence-electron chi connectivity index (χ2n) is 4.74. The molecule has 1 aromatic rings. The number of benzene rings is 1. The second-order valence-corrected chi connectivity index (χ2v) is 11.2. The quantitative estimate of drug-likeness (QED) is 0.604. The molecular formula is C14H19Cl2SiZr. The van der Waals surface area contributed by atoms with Crippen LogP contribution < -0.4 is 0 Å². The Balaban J connectivity index is 0.000000492. The first-order chi connectivity index (χ1) is 8.56. The molecule has 0 aliphatic heterocycles. The van der Waals surface area contributed by atoms with Crippen LogP contribution in [0, 0.1) is 0 Å². The third-order valence-corrected chi connectivity index (χ3v) is 5.25. The van der Waals surface area contributed by atoms with E-state index in [9.17, 15) is 0 Å². The Bertz CT molecular complexity index is 430. The fraction of sp³-hybridized carbons (Fsp3) is 0.429. The molecule has 0 saturated carbocycles. The van der Waals surface area contributed by atoms with Gasteiger partial charge >= 0.3 is 37.9 Å². The van der Waals surface area contributed by atoms with Crippen molar-refractivity contribution in [1.82, 2.24) is 0 Å². The Morgan fingerprint density at radius 1 is 1.28 bits per heavy atom. The number of fused-ring (bicyclic) bond motifs is 1. The summed E-state index contributed by atoms with van der Waals surface area (Å²) < 4.78 is 0. The minimum absolute atomic E-state index is 0.266. The van der Waals surface area contributed by atoms with Gasteiger partial charge in [-0.25, -0.2) is 0 Å². The summed E-state index contributed by atoms with van der Waals surface area (Å²) in [6.07, 6.45) is 3.56. The fourth-order valence-corrected chi connectivity index (χ4v) is 4.56. The van der Waals surface area contributed by atoms with Crippen molar-refractivity contribution in [3.05, 3.63) is 40.5 Å². The molecule has 0 N–H and O–H groups in total. The average molecular weight is 378 g/mol. The number of allylic oxidation sites excluding steroid dienone is 1. The normalized spacial score (nSPS) is 16.8. The Labute approximate surface area is 131 Å². The van der Waals surface area contributed by atoms with E-state index in [1.165, 1.54) is 11.1 Å². The van der Waals surface area contributed by atoms with Crippen LogP contribution in [0.5, 0.6) is 0 Å². The van der Waals surface area contributed by atoms with E-state index in [0.717, 1.165) is 12.0 Å². The molecule has 1 radical (unpaired) electrons. The fourth-order valence-electron chi connectivity index (χ4n) is 2.69. The Kier molecular flexibility index (Phi) is 7.46. The standard InChI is InChI=1S/C14H19Si.2ClH.Zr/c1-5-11-7-6-8-12-13(11)9-10(2)14(12)15(3)4;;;/h6-9,14H,5H2,1-4H3;2*1H;/q;;;+2/p-2. The molecule has 0 aromatic heterocycles. The van der Waals surface area contributed by atoms with Crippen molar-refractivity contribution >= 4 is 31.9 Å². The summed E-state index contributed by atoms with van der Waals surface area (Å²) in [6, 6.07) is 6.81. The van der Waals surface area contributed by atoms with Gasteiger partial charge in [-0.3, -0.25) is 0 Å². The zero-order chi connectivity index (χ0) is 13.7. The topological polar surface area (TPSA) is 0 Å². The average Bonchev–Trinajstić information content (AvgIpc) is 2.65. The van der Waals surface area contributed by atoms with Gasteiger partial charge in [0.2, 0.25) is 0 Å². The zero-order valence-electron chi connectivity index (χ0n) is 11.3. The van der Waals surface area contributed by atoms with Gasteiger partial charge in [-0.2, -0.15) is 0 Å². The summed E-state index contributed by atoms with van der Waals surface area (Å²) in [5, 5.41) is 0. The number of hydrogen-bond acceptors (Lipinski definition) is 0. The number of hydrogen-bond donors (Lipinski definition) is 0.